The van der Waals surface area contributed by atoms with Crippen molar-refractivity contribution in [2.45, 2.75) is 24.0 Å². The molecule has 0 aliphatic heterocycles. The maximum Gasteiger partial charge on any atom is 0.248 e. The molecule has 1 amide bonds. The maximum atomic E-state index is 13.9. The Morgan fingerprint density at radius 3 is 2.67 bits per heavy atom. The Balaban J connectivity index is 1.34. The maximum absolute atomic E-state index is 13.9. The number of thioether (sulfide) groups is 1. The van der Waals surface area contributed by atoms with Crippen LogP contribution in [-0.4, -0.2) is 21.7 Å². The number of hydrogen-bond donors (Lipinski definition) is 2. The van der Waals surface area contributed by atoms with Crippen molar-refractivity contribution in [3.63, 3.8) is 0 Å². The molecule has 0 saturated carbocycles. The van der Waals surface area contributed by atoms with E-state index in [1.54, 1.807) is 29.4 Å². The van der Waals surface area contributed by atoms with Gasteiger partial charge in [-0.15, -0.1) is 23.1 Å². The van der Waals surface area contributed by atoms with Crippen molar-refractivity contribution in [1.82, 2.24) is 15.2 Å². The third kappa shape index (κ3) is 5.96. The van der Waals surface area contributed by atoms with Crippen LogP contribution in [0.1, 0.15) is 22.2 Å². The lowest BCUT2D eigenvalue weighted by molar-refractivity contribution is -0.135. The van der Waals surface area contributed by atoms with Gasteiger partial charge in [-0.1, -0.05) is 36.4 Å². The first-order valence-corrected chi connectivity index (χ1v) is 13.4. The zero-order valence-electron chi connectivity index (χ0n) is 19.4. The first-order chi connectivity index (χ1) is 17.7. The molecule has 6 nitrogen and oxygen atoms in total. The Labute approximate surface area is 217 Å². The number of aromatic nitrogens is 1. The lowest BCUT2D eigenvalue weighted by Crippen LogP contribution is -2.40. The number of carbonyl (C=O) groups is 1. The normalized spacial score (nSPS) is 12.0. The lowest BCUT2D eigenvalue weighted by Gasteiger charge is -2.27. The highest BCUT2D eigenvalue weighted by atomic mass is 32.2. The van der Waals surface area contributed by atoms with E-state index in [9.17, 15) is 9.59 Å². The lowest BCUT2D eigenvalue weighted by atomic mass is 10.1. The molecule has 0 bridgehead atoms. The van der Waals surface area contributed by atoms with Gasteiger partial charge in [0.25, 0.3) is 0 Å². The summed E-state index contributed by atoms with van der Waals surface area (Å²) in [7, 11) is 0. The van der Waals surface area contributed by atoms with Gasteiger partial charge in [0.2, 0.25) is 11.5 Å². The van der Waals surface area contributed by atoms with Crippen molar-refractivity contribution in [2.75, 3.05) is 5.88 Å². The molecule has 0 spiro atoms. The molecule has 8 heteroatoms. The van der Waals surface area contributed by atoms with Gasteiger partial charge in [-0.3, -0.25) is 14.9 Å². The SMILES string of the molecule is O=C([C@H](NCSc1ccc2[nH]c(=O)ccc2c1)c1ccccc1)N(Cc1ccco1)Cc1cccs1. The molecule has 3 aromatic heterocycles. The molecule has 2 N–H and O–H groups in total. The fraction of sp³-hybridized carbons (Fsp3) is 0.143. The highest BCUT2D eigenvalue weighted by Gasteiger charge is 2.27. The number of aromatic amines is 1. The highest BCUT2D eigenvalue weighted by Crippen LogP contribution is 2.25. The molecule has 5 rings (SSSR count). The van der Waals surface area contributed by atoms with Gasteiger partial charge in [-0.2, -0.15) is 0 Å². The van der Waals surface area contributed by atoms with E-state index in [4.69, 9.17) is 4.42 Å². The van der Waals surface area contributed by atoms with Crippen molar-refractivity contribution in [3.8, 4) is 0 Å². The Bertz CT molecular complexity index is 1430. The van der Waals surface area contributed by atoms with Gasteiger partial charge in [0.05, 0.1) is 19.4 Å². The minimum atomic E-state index is -0.509. The third-order valence-electron chi connectivity index (χ3n) is 5.77. The van der Waals surface area contributed by atoms with Crippen LogP contribution in [0.4, 0.5) is 0 Å². The van der Waals surface area contributed by atoms with Crippen molar-refractivity contribution < 1.29 is 9.21 Å². The van der Waals surface area contributed by atoms with Gasteiger partial charge >= 0.3 is 0 Å². The average molecular weight is 516 g/mol. The van der Waals surface area contributed by atoms with Crippen molar-refractivity contribution in [1.29, 1.82) is 0 Å². The average Bonchev–Trinajstić information content (AvgIpc) is 3.61. The van der Waals surface area contributed by atoms with Crippen LogP contribution in [0.15, 0.2) is 111 Å². The fourth-order valence-corrected chi connectivity index (χ4v) is 5.51. The Morgan fingerprint density at radius 1 is 1.00 bits per heavy atom. The van der Waals surface area contributed by atoms with Crippen LogP contribution < -0.4 is 10.9 Å². The number of nitrogens with one attached hydrogen (secondary N) is 2. The Morgan fingerprint density at radius 2 is 1.89 bits per heavy atom. The predicted octanol–water partition coefficient (Wildman–Crippen LogP) is 5.79. The summed E-state index contributed by atoms with van der Waals surface area (Å²) in [5.41, 5.74) is 1.60. The molecule has 36 heavy (non-hydrogen) atoms. The summed E-state index contributed by atoms with van der Waals surface area (Å²) in [6.45, 7) is 0.906. The topological polar surface area (TPSA) is 78.3 Å². The Hall–Kier alpha value is -3.59. The first kappa shape index (κ1) is 24.1. The molecule has 0 saturated heterocycles. The summed E-state index contributed by atoms with van der Waals surface area (Å²) in [5, 5.41) is 6.46. The second-order valence-corrected chi connectivity index (χ2v) is 10.3. The smallest absolute Gasteiger partial charge is 0.248 e. The van der Waals surface area contributed by atoms with Crippen LogP contribution in [0.25, 0.3) is 10.9 Å². The molecule has 0 aliphatic carbocycles. The predicted molar refractivity (Wildman–Crippen MR) is 145 cm³/mol. The van der Waals surface area contributed by atoms with Gasteiger partial charge in [0.1, 0.15) is 11.8 Å². The van der Waals surface area contributed by atoms with Crippen LogP contribution in [0, 0.1) is 0 Å². The van der Waals surface area contributed by atoms with E-state index < -0.39 is 6.04 Å². The molecule has 3 heterocycles. The number of hydrogen-bond acceptors (Lipinski definition) is 6. The van der Waals surface area contributed by atoms with Crippen LogP contribution >= 0.6 is 23.1 Å². The second-order valence-electron chi connectivity index (χ2n) is 8.26. The zero-order valence-corrected chi connectivity index (χ0v) is 21.1. The first-order valence-electron chi connectivity index (χ1n) is 11.5. The summed E-state index contributed by atoms with van der Waals surface area (Å²) in [5.74, 6) is 1.27. The molecule has 5 aromatic rings. The van der Waals surface area contributed by atoms with Gasteiger partial charge < -0.3 is 14.3 Å². The molecule has 0 radical (unpaired) electrons. The number of pyridine rings is 1. The van der Waals surface area contributed by atoms with E-state index in [1.807, 2.05) is 89.1 Å². The monoisotopic (exact) mass is 515 g/mol. The number of H-pyrrole nitrogens is 1. The quantitative estimate of drug-likeness (QED) is 0.182. The van der Waals surface area contributed by atoms with E-state index in [1.165, 1.54) is 6.07 Å². The molecule has 2 aromatic carbocycles. The van der Waals surface area contributed by atoms with E-state index in [-0.39, 0.29) is 11.5 Å². The number of amides is 1. The zero-order chi connectivity index (χ0) is 24.7. The molecule has 182 valence electrons. The fourth-order valence-electron chi connectivity index (χ4n) is 4.00. The van der Waals surface area contributed by atoms with Crippen LogP contribution in [-0.2, 0) is 17.9 Å². The number of rotatable bonds is 10. The van der Waals surface area contributed by atoms with E-state index in [0.29, 0.717) is 19.0 Å². The van der Waals surface area contributed by atoms with Crippen molar-refractivity contribution in [2.24, 2.45) is 0 Å². The van der Waals surface area contributed by atoms with Crippen LogP contribution in [0.2, 0.25) is 0 Å². The Kier molecular flexibility index (Phi) is 7.66. The molecular weight excluding hydrogens is 490 g/mol. The van der Waals surface area contributed by atoms with Crippen LogP contribution in [0.3, 0.4) is 0 Å². The van der Waals surface area contributed by atoms with Gasteiger partial charge in [0.15, 0.2) is 0 Å². The number of carbonyl (C=O) groups excluding carboxylic acids is 1. The van der Waals surface area contributed by atoms with Gasteiger partial charge in [-0.05, 0) is 58.8 Å². The summed E-state index contributed by atoms with van der Waals surface area (Å²) in [6, 6.07) is 26.3. The van der Waals surface area contributed by atoms with E-state index >= 15 is 0 Å². The molecule has 1 atom stereocenters. The van der Waals surface area contributed by atoms with Crippen molar-refractivity contribution >= 4 is 39.9 Å². The minimum Gasteiger partial charge on any atom is -0.467 e. The number of benzene rings is 2. The second kappa shape index (κ2) is 11.4. The van der Waals surface area contributed by atoms with Crippen molar-refractivity contribution in [3.05, 3.63) is 123 Å². The van der Waals surface area contributed by atoms with Crippen LogP contribution in [0.5, 0.6) is 0 Å². The summed E-state index contributed by atoms with van der Waals surface area (Å²) in [4.78, 5) is 32.3. The summed E-state index contributed by atoms with van der Waals surface area (Å²) in [6.07, 6.45) is 1.63. The number of nitrogens with zero attached hydrogens (tertiary/aromatic N) is 1. The minimum absolute atomic E-state index is 0.0114. The van der Waals surface area contributed by atoms with E-state index in [0.717, 1.165) is 32.0 Å². The summed E-state index contributed by atoms with van der Waals surface area (Å²) < 4.78 is 5.56. The third-order valence-corrected chi connectivity index (χ3v) is 7.53. The summed E-state index contributed by atoms with van der Waals surface area (Å²) >= 11 is 3.25. The van der Waals surface area contributed by atoms with Gasteiger partial charge in [0, 0.05) is 27.2 Å². The molecular formula is C28H25N3O3S2. The van der Waals surface area contributed by atoms with Gasteiger partial charge in [-0.25, -0.2) is 0 Å². The standard InChI is InChI=1S/C28H25N3O3S2/c32-26-13-10-21-16-23(11-12-25(21)30-26)36-19-29-27(20-6-2-1-3-7-20)28(33)31(17-22-8-4-14-34-22)18-24-9-5-15-35-24/h1-16,27,29H,17-19H2,(H,30,32)/t27-/m1/s1. The van der Waals surface area contributed by atoms with E-state index in [2.05, 4.69) is 10.3 Å². The number of fused-ring (bicyclic) bond motifs is 1. The molecule has 0 fully saturated rings. The number of furan rings is 1. The highest BCUT2D eigenvalue weighted by molar-refractivity contribution is 7.99. The number of thiophene rings is 1. The molecule has 0 aliphatic rings. The largest absolute Gasteiger partial charge is 0.467 e. The molecule has 0 unspecified atom stereocenters.